The molecule has 0 unspecified atom stereocenters. The number of rotatable bonds is 15. The first-order chi connectivity index (χ1) is 60.1. The number of hydrogen-bond acceptors (Lipinski definition) is 4. The first kappa shape index (κ1) is 77.0. The molecule has 124 heavy (non-hydrogen) atoms. The molecule has 0 aliphatic rings. The maximum Gasteiger partial charge on any atom is 0.137 e. The molecule has 2 heterocycles. The van der Waals surface area contributed by atoms with Gasteiger partial charge < -0.3 is 18.6 Å². The Kier molecular flexibility index (Phi) is 18.7. The SMILES string of the molecule is CC(C)(C)c1cc(-c2cccc3cccc(-c4ccccc4N(c4ccc(-c5cccc6c5ccc5cccc(CC(C)(C)c7cc(-c8cccc9cccc(-c%10ccccc%10N(c%10cccc(-c%11cccc%12ccccc%11%12)c%10)c%10ccc%11c(c%10)oc%10ccccc%10%11)c89)cc(C(C)(C)C)c7)c56)cc4)c4ccc5c(c4)oc4ccccc45)c23)cc(C(C)(C)C)c1. The Morgan fingerprint density at radius 2 is 0.581 bits per heavy atom. The zero-order chi connectivity index (χ0) is 84.5. The van der Waals surface area contributed by atoms with E-state index in [1.165, 1.54) is 121 Å². The summed E-state index contributed by atoms with van der Waals surface area (Å²) in [5.74, 6) is 0. The minimum atomic E-state index is -0.328. The third-order valence-corrected chi connectivity index (χ3v) is 26.1. The maximum absolute atomic E-state index is 6.72. The van der Waals surface area contributed by atoms with E-state index < -0.39 is 0 Å². The van der Waals surface area contributed by atoms with Gasteiger partial charge in [0, 0.05) is 67.6 Å². The van der Waals surface area contributed by atoms with Crippen molar-refractivity contribution in [3.8, 4) is 66.8 Å². The van der Waals surface area contributed by atoms with Gasteiger partial charge in [-0.2, -0.15) is 0 Å². The minimum Gasteiger partial charge on any atom is -0.456 e. The third kappa shape index (κ3) is 13.7. The molecule has 0 bridgehead atoms. The smallest absolute Gasteiger partial charge is 0.137 e. The molecule has 0 aliphatic carbocycles. The van der Waals surface area contributed by atoms with E-state index in [1.807, 2.05) is 6.07 Å². The van der Waals surface area contributed by atoms with Gasteiger partial charge in [-0.05, 0) is 238 Å². The average Bonchev–Trinajstić information content (AvgIpc) is 0.936. The van der Waals surface area contributed by atoms with Crippen molar-refractivity contribution in [1.82, 2.24) is 0 Å². The van der Waals surface area contributed by atoms with Gasteiger partial charge in [-0.15, -0.1) is 0 Å². The highest BCUT2D eigenvalue weighted by Crippen LogP contribution is 2.52. The van der Waals surface area contributed by atoms with E-state index in [1.54, 1.807) is 0 Å². The Balaban J connectivity index is 0.655. The number of furan rings is 2. The summed E-state index contributed by atoms with van der Waals surface area (Å²) in [5.41, 5.74) is 29.7. The molecule has 0 spiro atoms. The van der Waals surface area contributed by atoms with E-state index in [9.17, 15) is 0 Å². The second-order valence-electron chi connectivity index (χ2n) is 37.7. The van der Waals surface area contributed by atoms with Gasteiger partial charge in [0.1, 0.15) is 22.3 Å². The van der Waals surface area contributed by atoms with Crippen molar-refractivity contribution in [1.29, 1.82) is 0 Å². The molecule has 0 saturated heterocycles. The highest BCUT2D eigenvalue weighted by Gasteiger charge is 2.31. The van der Waals surface area contributed by atoms with E-state index in [0.29, 0.717) is 0 Å². The second kappa shape index (κ2) is 30.1. The van der Waals surface area contributed by atoms with E-state index in [4.69, 9.17) is 8.83 Å². The summed E-state index contributed by atoms with van der Waals surface area (Å²) in [4.78, 5) is 4.87. The number of fused-ring (bicyclic) bond motifs is 12. The molecule has 600 valence electrons. The maximum atomic E-state index is 6.72. The Hall–Kier alpha value is -14.3. The zero-order valence-electron chi connectivity index (χ0n) is 72.3. The summed E-state index contributed by atoms with van der Waals surface area (Å²) in [7, 11) is 0. The van der Waals surface area contributed by atoms with Crippen LogP contribution in [0.1, 0.15) is 104 Å². The van der Waals surface area contributed by atoms with E-state index >= 15 is 0 Å². The van der Waals surface area contributed by atoms with Gasteiger partial charge >= 0.3 is 0 Å². The molecular weight excluding hydrogens is 1500 g/mol. The molecule has 21 aromatic rings. The molecule has 4 nitrogen and oxygen atoms in total. The van der Waals surface area contributed by atoms with Gasteiger partial charge in [0.15, 0.2) is 0 Å². The van der Waals surface area contributed by atoms with Crippen LogP contribution in [0.3, 0.4) is 0 Å². The first-order valence-corrected chi connectivity index (χ1v) is 43.7. The van der Waals surface area contributed by atoms with Crippen molar-refractivity contribution < 1.29 is 8.83 Å². The molecule has 21 rings (SSSR count). The molecule has 0 aliphatic heterocycles. The van der Waals surface area contributed by atoms with Crippen LogP contribution in [0.15, 0.2) is 391 Å². The molecule has 0 atom stereocenters. The van der Waals surface area contributed by atoms with Crippen molar-refractivity contribution in [3.63, 3.8) is 0 Å². The molecule has 2 aromatic heterocycles. The van der Waals surface area contributed by atoms with Crippen LogP contribution >= 0.6 is 0 Å². The molecular formula is C120H98N2O2. The van der Waals surface area contributed by atoms with Crippen LogP contribution in [0.2, 0.25) is 0 Å². The predicted octanol–water partition coefficient (Wildman–Crippen LogP) is 34.6. The van der Waals surface area contributed by atoms with Crippen molar-refractivity contribution in [2.45, 2.75) is 104 Å². The number of anilines is 6. The topological polar surface area (TPSA) is 32.8 Å². The second-order valence-corrected chi connectivity index (χ2v) is 37.7. The van der Waals surface area contributed by atoms with Gasteiger partial charge in [-0.25, -0.2) is 0 Å². The fourth-order valence-electron chi connectivity index (χ4n) is 19.5. The van der Waals surface area contributed by atoms with Crippen LogP contribution in [-0.4, -0.2) is 0 Å². The molecule has 0 N–H and O–H groups in total. The monoisotopic (exact) mass is 1600 g/mol. The molecule has 0 fully saturated rings. The normalized spacial score (nSPS) is 12.3. The molecule has 0 radical (unpaired) electrons. The average molecular weight is 1600 g/mol. The Morgan fingerprint density at radius 1 is 0.210 bits per heavy atom. The predicted molar refractivity (Wildman–Crippen MR) is 530 cm³/mol. The van der Waals surface area contributed by atoms with Crippen LogP contribution in [0.25, 0.3) is 165 Å². The van der Waals surface area contributed by atoms with Crippen LogP contribution < -0.4 is 9.80 Å². The van der Waals surface area contributed by atoms with Gasteiger partial charge in [-0.3, -0.25) is 0 Å². The van der Waals surface area contributed by atoms with Crippen molar-refractivity contribution in [2.75, 3.05) is 9.80 Å². The number of benzene rings is 19. The minimum absolute atomic E-state index is 0.0477. The lowest BCUT2D eigenvalue weighted by Gasteiger charge is -2.30. The molecule has 0 amide bonds. The van der Waals surface area contributed by atoms with Crippen LogP contribution in [0, 0.1) is 0 Å². The summed E-state index contributed by atoms with van der Waals surface area (Å²) in [6.07, 6.45) is 0.806. The van der Waals surface area contributed by atoms with Gasteiger partial charge in [0.2, 0.25) is 0 Å². The summed E-state index contributed by atoms with van der Waals surface area (Å²) >= 11 is 0. The number of nitrogens with zero attached hydrogens (tertiary/aromatic N) is 2. The summed E-state index contributed by atoms with van der Waals surface area (Å²) in [5, 5.41) is 16.6. The fraction of sp³-hybridized carbons (Fsp3) is 0.133. The fourth-order valence-corrected chi connectivity index (χ4v) is 19.5. The highest BCUT2D eigenvalue weighted by atomic mass is 16.3. The zero-order valence-corrected chi connectivity index (χ0v) is 72.3. The van der Waals surface area contributed by atoms with Crippen LogP contribution in [-0.2, 0) is 28.1 Å². The lowest BCUT2D eigenvalue weighted by atomic mass is 9.74. The molecule has 19 aromatic carbocycles. The highest BCUT2D eigenvalue weighted by molar-refractivity contribution is 6.16. The Morgan fingerprint density at radius 3 is 1.13 bits per heavy atom. The third-order valence-electron chi connectivity index (χ3n) is 26.1. The summed E-state index contributed by atoms with van der Waals surface area (Å²) < 4.78 is 13.4. The van der Waals surface area contributed by atoms with Crippen molar-refractivity contribution in [2.24, 2.45) is 0 Å². The molecule has 4 heteroatoms. The number of para-hydroxylation sites is 4. The van der Waals surface area contributed by atoms with E-state index in [0.717, 1.165) is 112 Å². The van der Waals surface area contributed by atoms with Gasteiger partial charge in [-0.1, -0.05) is 373 Å². The largest absolute Gasteiger partial charge is 0.456 e. The molecule has 0 saturated carbocycles. The van der Waals surface area contributed by atoms with Crippen LogP contribution in [0.4, 0.5) is 34.1 Å². The lowest BCUT2D eigenvalue weighted by Crippen LogP contribution is -2.22. The van der Waals surface area contributed by atoms with Gasteiger partial charge in [0.25, 0.3) is 0 Å². The summed E-state index contributed by atoms with van der Waals surface area (Å²) in [6, 6.07) is 142. The van der Waals surface area contributed by atoms with Crippen LogP contribution in [0.5, 0.6) is 0 Å². The Bertz CT molecular complexity index is 7770. The quantitative estimate of drug-likeness (QED) is 0.0958. The Labute approximate surface area is 726 Å². The van der Waals surface area contributed by atoms with E-state index in [-0.39, 0.29) is 21.7 Å². The lowest BCUT2D eigenvalue weighted by molar-refractivity contribution is 0.519. The van der Waals surface area contributed by atoms with Crippen molar-refractivity contribution >= 4 is 132 Å². The van der Waals surface area contributed by atoms with Crippen molar-refractivity contribution in [3.05, 3.63) is 410 Å². The standard InChI is InChI=1S/C120H98N2O2/c1-117(2,3)85-66-83(67-86(71-85)118(4,5)6)96-47-25-33-78-35-27-49-106(115(78)96)99-41-14-18-52-108(99)121(91-61-64-103-101-43-16-20-54-110(101)123-112(103)73-91)89-59-56-77(57-60-89)94-46-29-51-105-98(94)63-58-80-32-22-38-82(114(80)105)75-120(10,11)88-69-84(68-87(72-88)119(7,8)9)97-48-26-34-79-36-28-50-107(116(79)97)100-42-15-19-53-109(100)122(92-62-65-104-102-44-17-21-55-111(102)124-113(104)74-92)90-39-23-37-81(70-90)95-45-24-31-76-30-12-13-40-93(76)95/h12-74H,75H2,1-11H3. The number of hydrogen-bond donors (Lipinski definition) is 0. The first-order valence-electron chi connectivity index (χ1n) is 43.7. The van der Waals surface area contributed by atoms with E-state index in [2.05, 4.69) is 462 Å². The summed E-state index contributed by atoms with van der Waals surface area (Å²) in [6.45, 7) is 26.0. The van der Waals surface area contributed by atoms with Gasteiger partial charge in [0.05, 0.1) is 11.4 Å².